The molecule has 21 heavy (non-hydrogen) atoms. The number of aryl methyl sites for hydroxylation is 1. The van der Waals surface area contributed by atoms with E-state index in [1.807, 2.05) is 6.07 Å². The summed E-state index contributed by atoms with van der Waals surface area (Å²) in [5.74, 6) is 0.895. The van der Waals surface area contributed by atoms with Crippen molar-refractivity contribution in [2.24, 2.45) is 0 Å². The monoisotopic (exact) mass is 312 g/mol. The number of fused-ring (bicyclic) bond motifs is 1. The largest absolute Gasteiger partial charge is 0.497 e. The van der Waals surface area contributed by atoms with E-state index in [1.54, 1.807) is 14.2 Å². The van der Waals surface area contributed by atoms with Crippen molar-refractivity contribution < 1.29 is 13.2 Å². The van der Waals surface area contributed by atoms with E-state index in [0.29, 0.717) is 19.1 Å². The maximum absolute atomic E-state index is 11.3. The van der Waals surface area contributed by atoms with Crippen molar-refractivity contribution in [3.63, 3.8) is 0 Å². The van der Waals surface area contributed by atoms with Crippen LogP contribution in [0.15, 0.2) is 18.2 Å². The number of hydrogen-bond donors (Lipinski definition) is 1. The van der Waals surface area contributed by atoms with Crippen LogP contribution in [0.2, 0.25) is 0 Å². The first-order valence-electron chi connectivity index (χ1n) is 7.20. The molecule has 1 aliphatic carbocycles. The lowest BCUT2D eigenvalue weighted by Gasteiger charge is -2.26. The van der Waals surface area contributed by atoms with E-state index < -0.39 is 10.0 Å². The fraction of sp³-hybridized carbons (Fsp3) is 0.600. The van der Waals surface area contributed by atoms with Crippen LogP contribution in [-0.4, -0.2) is 52.3 Å². The fourth-order valence-electron chi connectivity index (χ4n) is 2.63. The molecule has 1 aromatic rings. The Hall–Kier alpha value is -1.11. The molecule has 0 saturated carbocycles. The van der Waals surface area contributed by atoms with Crippen LogP contribution in [0, 0.1) is 0 Å². The highest BCUT2D eigenvalue weighted by molar-refractivity contribution is 7.88. The quantitative estimate of drug-likeness (QED) is 0.852. The second kappa shape index (κ2) is 6.77. The molecule has 0 radical (unpaired) electrons. The molecule has 0 heterocycles. The van der Waals surface area contributed by atoms with E-state index in [4.69, 9.17) is 4.74 Å². The van der Waals surface area contributed by atoms with Crippen molar-refractivity contribution in [2.75, 3.05) is 33.5 Å². The molecule has 5 nitrogen and oxygen atoms in total. The second-order valence-electron chi connectivity index (χ2n) is 5.61. The van der Waals surface area contributed by atoms with Gasteiger partial charge in [0, 0.05) is 26.2 Å². The summed E-state index contributed by atoms with van der Waals surface area (Å²) in [7, 11) is 0.204. The number of nitrogens with zero attached hydrogens (tertiary/aromatic N) is 1. The van der Waals surface area contributed by atoms with Gasteiger partial charge in [-0.3, -0.25) is 0 Å². The summed E-state index contributed by atoms with van der Waals surface area (Å²) in [4.78, 5) is 0. The van der Waals surface area contributed by atoms with Gasteiger partial charge >= 0.3 is 0 Å². The highest BCUT2D eigenvalue weighted by Crippen LogP contribution is 2.25. The van der Waals surface area contributed by atoms with Crippen molar-refractivity contribution >= 4 is 10.0 Å². The van der Waals surface area contributed by atoms with Gasteiger partial charge in [0.05, 0.1) is 13.4 Å². The van der Waals surface area contributed by atoms with Gasteiger partial charge in [0.25, 0.3) is 0 Å². The maximum atomic E-state index is 11.3. The Balaban J connectivity index is 1.87. The molecule has 0 spiro atoms. The van der Waals surface area contributed by atoms with Crippen LogP contribution in [0.4, 0.5) is 0 Å². The highest BCUT2D eigenvalue weighted by atomic mass is 32.2. The van der Waals surface area contributed by atoms with Crippen LogP contribution in [0.1, 0.15) is 17.5 Å². The predicted molar refractivity (Wildman–Crippen MR) is 84.3 cm³/mol. The summed E-state index contributed by atoms with van der Waals surface area (Å²) >= 11 is 0. The number of methoxy groups -OCH3 is 1. The molecule has 0 unspecified atom stereocenters. The standard InChI is InChI=1S/C15H24N2O3S/c1-17(21(3,18)19)9-8-16-14-6-4-12-5-7-15(20-2)11-13(12)10-14/h5,7,11,14,16H,4,6,8-10H2,1-3H3/t14-/m0/s1. The molecule has 0 fully saturated rings. The Kier molecular flexibility index (Phi) is 5.24. The minimum absolute atomic E-state index is 0.401. The van der Waals surface area contributed by atoms with Crippen LogP contribution >= 0.6 is 0 Å². The normalized spacial score (nSPS) is 18.6. The van der Waals surface area contributed by atoms with E-state index in [2.05, 4.69) is 17.4 Å². The van der Waals surface area contributed by atoms with Crippen LogP contribution in [0.3, 0.4) is 0 Å². The number of benzene rings is 1. The van der Waals surface area contributed by atoms with Crippen molar-refractivity contribution in [1.29, 1.82) is 0 Å². The lowest BCUT2D eigenvalue weighted by atomic mass is 9.88. The van der Waals surface area contributed by atoms with Crippen LogP contribution in [0.5, 0.6) is 5.75 Å². The van der Waals surface area contributed by atoms with Gasteiger partial charge in [-0.1, -0.05) is 6.07 Å². The van der Waals surface area contributed by atoms with E-state index in [0.717, 1.165) is 25.0 Å². The van der Waals surface area contributed by atoms with Crippen LogP contribution in [-0.2, 0) is 22.9 Å². The lowest BCUT2D eigenvalue weighted by molar-refractivity contribution is 0.405. The van der Waals surface area contributed by atoms with Gasteiger partial charge in [-0.2, -0.15) is 0 Å². The third-order valence-corrected chi connectivity index (χ3v) is 5.38. The fourth-order valence-corrected chi connectivity index (χ4v) is 3.05. The number of nitrogens with one attached hydrogen (secondary N) is 1. The Labute approximate surface area is 127 Å². The number of hydrogen-bond acceptors (Lipinski definition) is 4. The molecule has 0 bridgehead atoms. The van der Waals surface area contributed by atoms with E-state index >= 15 is 0 Å². The Morgan fingerprint density at radius 2 is 2.14 bits per heavy atom. The van der Waals surface area contributed by atoms with Gasteiger partial charge in [0.2, 0.25) is 10.0 Å². The van der Waals surface area contributed by atoms with Crippen LogP contribution < -0.4 is 10.1 Å². The zero-order valence-electron chi connectivity index (χ0n) is 12.9. The first kappa shape index (κ1) is 16.3. The summed E-state index contributed by atoms with van der Waals surface area (Å²) in [5.41, 5.74) is 2.72. The summed E-state index contributed by atoms with van der Waals surface area (Å²) in [5, 5.41) is 3.46. The second-order valence-corrected chi connectivity index (χ2v) is 7.70. The molecule has 0 aliphatic heterocycles. The lowest BCUT2D eigenvalue weighted by Crippen LogP contribution is -2.40. The minimum atomic E-state index is -3.09. The summed E-state index contributed by atoms with van der Waals surface area (Å²) < 4.78 is 29.3. The summed E-state index contributed by atoms with van der Waals surface area (Å²) in [6.07, 6.45) is 4.34. The van der Waals surface area contributed by atoms with Gasteiger partial charge in [-0.25, -0.2) is 12.7 Å². The zero-order valence-corrected chi connectivity index (χ0v) is 13.7. The third-order valence-electron chi connectivity index (χ3n) is 4.07. The van der Waals surface area contributed by atoms with Gasteiger partial charge in [0.1, 0.15) is 5.75 Å². The molecule has 6 heteroatoms. The molecular weight excluding hydrogens is 288 g/mol. The predicted octanol–water partition coefficient (Wildman–Crippen LogP) is 1.03. The van der Waals surface area contributed by atoms with Crippen molar-refractivity contribution in [3.05, 3.63) is 29.3 Å². The van der Waals surface area contributed by atoms with Gasteiger partial charge in [0.15, 0.2) is 0 Å². The smallest absolute Gasteiger partial charge is 0.210 e. The Morgan fingerprint density at radius 3 is 2.81 bits per heavy atom. The molecule has 1 aliphatic rings. The van der Waals surface area contributed by atoms with Crippen molar-refractivity contribution in [3.8, 4) is 5.75 Å². The van der Waals surface area contributed by atoms with Crippen LogP contribution in [0.25, 0.3) is 0 Å². The topological polar surface area (TPSA) is 58.6 Å². The molecule has 1 aromatic carbocycles. The van der Waals surface area contributed by atoms with E-state index in [9.17, 15) is 8.42 Å². The zero-order chi connectivity index (χ0) is 15.5. The molecule has 1 N–H and O–H groups in total. The van der Waals surface area contributed by atoms with E-state index in [1.165, 1.54) is 21.7 Å². The van der Waals surface area contributed by atoms with Crippen molar-refractivity contribution in [2.45, 2.75) is 25.3 Å². The third kappa shape index (κ3) is 4.43. The SMILES string of the molecule is COc1ccc2c(c1)C[C@@H](NCCN(C)S(C)(=O)=O)CC2. The number of likely N-dealkylation sites (N-methyl/N-ethyl adjacent to an activating group) is 1. The molecule has 118 valence electrons. The number of sulfonamides is 1. The molecular formula is C15H24N2O3S. The van der Waals surface area contributed by atoms with Crippen molar-refractivity contribution in [1.82, 2.24) is 9.62 Å². The molecule has 1 atom stereocenters. The molecule has 0 amide bonds. The van der Waals surface area contributed by atoms with Gasteiger partial charge in [-0.05, 0) is 42.5 Å². The number of ether oxygens (including phenoxy) is 1. The highest BCUT2D eigenvalue weighted by Gasteiger charge is 2.19. The molecule has 0 saturated heterocycles. The molecule has 2 rings (SSSR count). The van der Waals surface area contributed by atoms with Gasteiger partial charge < -0.3 is 10.1 Å². The minimum Gasteiger partial charge on any atom is -0.497 e. The van der Waals surface area contributed by atoms with Gasteiger partial charge in [-0.15, -0.1) is 0 Å². The Morgan fingerprint density at radius 1 is 1.38 bits per heavy atom. The number of rotatable bonds is 6. The average molecular weight is 312 g/mol. The Bertz CT molecular complexity index is 587. The first-order chi connectivity index (χ1) is 9.90. The molecule has 0 aromatic heterocycles. The first-order valence-corrected chi connectivity index (χ1v) is 9.05. The summed E-state index contributed by atoms with van der Waals surface area (Å²) in [6.45, 7) is 1.17. The summed E-state index contributed by atoms with van der Waals surface area (Å²) in [6, 6.07) is 6.65. The average Bonchev–Trinajstić information content (AvgIpc) is 2.45. The maximum Gasteiger partial charge on any atom is 0.210 e. The van der Waals surface area contributed by atoms with E-state index in [-0.39, 0.29) is 0 Å².